The van der Waals surface area contributed by atoms with E-state index in [9.17, 15) is 9.90 Å². The van der Waals surface area contributed by atoms with Gasteiger partial charge in [0.15, 0.2) is 0 Å². The average Bonchev–Trinajstić information content (AvgIpc) is 2.56. The highest BCUT2D eigenvalue weighted by Gasteiger charge is 2.48. The Morgan fingerprint density at radius 2 is 1.94 bits per heavy atom. The van der Waals surface area contributed by atoms with Gasteiger partial charge < -0.3 is 9.84 Å². The molecular weight excluding hydrogens is 218 g/mol. The van der Waals surface area contributed by atoms with Crippen molar-refractivity contribution in [2.45, 2.75) is 45.1 Å². The molecule has 1 saturated heterocycles. The summed E-state index contributed by atoms with van der Waals surface area (Å²) in [6.07, 6.45) is 3.40. The molecule has 1 N–H and O–H groups in total. The van der Waals surface area contributed by atoms with Crippen molar-refractivity contribution in [3.63, 3.8) is 0 Å². The van der Waals surface area contributed by atoms with Gasteiger partial charge in [-0.1, -0.05) is 13.8 Å². The fourth-order valence-electron chi connectivity index (χ4n) is 3.49. The molecule has 0 amide bonds. The maximum Gasteiger partial charge on any atom is 0.305 e. The lowest BCUT2D eigenvalue weighted by Crippen LogP contribution is -2.53. The molecular formula is C13H23NO3. The zero-order valence-corrected chi connectivity index (χ0v) is 10.9. The quantitative estimate of drug-likeness (QED) is 0.817. The van der Waals surface area contributed by atoms with Crippen LogP contribution in [0.1, 0.15) is 39.5 Å². The molecule has 1 aliphatic heterocycles. The largest absolute Gasteiger partial charge is 0.481 e. The summed E-state index contributed by atoms with van der Waals surface area (Å²) in [5.74, 6) is -0.672. The van der Waals surface area contributed by atoms with E-state index in [0.29, 0.717) is 0 Å². The van der Waals surface area contributed by atoms with Crippen LogP contribution in [0.5, 0.6) is 0 Å². The summed E-state index contributed by atoms with van der Waals surface area (Å²) in [6, 6.07) is 0. The van der Waals surface area contributed by atoms with Crippen LogP contribution < -0.4 is 0 Å². The molecule has 1 saturated carbocycles. The maximum atomic E-state index is 11.2. The molecule has 2 fully saturated rings. The van der Waals surface area contributed by atoms with Crippen molar-refractivity contribution < 1.29 is 14.6 Å². The first-order valence-corrected chi connectivity index (χ1v) is 6.48. The second kappa shape index (κ2) is 4.58. The lowest BCUT2D eigenvalue weighted by Gasteiger charge is -2.43. The lowest BCUT2D eigenvalue weighted by atomic mass is 9.84. The molecule has 17 heavy (non-hydrogen) atoms. The third-order valence-corrected chi connectivity index (χ3v) is 4.24. The zero-order chi connectivity index (χ0) is 12.5. The highest BCUT2D eigenvalue weighted by molar-refractivity contribution is 5.68. The van der Waals surface area contributed by atoms with Gasteiger partial charge in [0.1, 0.15) is 0 Å². The van der Waals surface area contributed by atoms with Gasteiger partial charge in [-0.3, -0.25) is 9.69 Å². The number of carboxylic acid groups (broad SMARTS) is 1. The van der Waals surface area contributed by atoms with E-state index in [2.05, 4.69) is 18.7 Å². The monoisotopic (exact) mass is 241 g/mol. The second-order valence-electron chi connectivity index (χ2n) is 6.24. The van der Waals surface area contributed by atoms with Gasteiger partial charge in [-0.15, -0.1) is 0 Å². The molecule has 1 atom stereocenters. The van der Waals surface area contributed by atoms with Crippen LogP contribution in [0.15, 0.2) is 0 Å². The van der Waals surface area contributed by atoms with Crippen LogP contribution in [0.3, 0.4) is 0 Å². The molecule has 0 aromatic carbocycles. The van der Waals surface area contributed by atoms with Gasteiger partial charge in [-0.05, 0) is 24.7 Å². The van der Waals surface area contributed by atoms with Gasteiger partial charge in [0.2, 0.25) is 0 Å². The van der Waals surface area contributed by atoms with E-state index in [4.69, 9.17) is 4.74 Å². The van der Waals surface area contributed by atoms with Crippen LogP contribution in [0, 0.1) is 5.41 Å². The molecule has 1 aliphatic carbocycles. The Balaban J connectivity index is 2.15. The molecule has 98 valence electrons. The van der Waals surface area contributed by atoms with Crippen LogP contribution in [0.25, 0.3) is 0 Å². The molecule has 0 aromatic rings. The standard InChI is InChI=1S/C13H23NO3/c1-12(2)3-4-13(10-12,9-11(15)16)14-5-7-17-8-6-14/h3-10H2,1-2H3,(H,15,16). The average molecular weight is 241 g/mol. The Kier molecular flexibility index (Phi) is 3.46. The summed E-state index contributed by atoms with van der Waals surface area (Å²) >= 11 is 0. The highest BCUT2D eigenvalue weighted by atomic mass is 16.5. The molecule has 0 aromatic heterocycles. The minimum Gasteiger partial charge on any atom is -0.481 e. The first-order valence-electron chi connectivity index (χ1n) is 6.48. The Morgan fingerprint density at radius 3 is 2.41 bits per heavy atom. The first-order chi connectivity index (χ1) is 7.94. The van der Waals surface area contributed by atoms with Gasteiger partial charge in [0, 0.05) is 18.6 Å². The van der Waals surface area contributed by atoms with Crippen LogP contribution in [0.2, 0.25) is 0 Å². The Morgan fingerprint density at radius 1 is 1.29 bits per heavy atom. The molecule has 1 unspecified atom stereocenters. The van der Waals surface area contributed by atoms with Crippen molar-refractivity contribution >= 4 is 5.97 Å². The van der Waals surface area contributed by atoms with Gasteiger partial charge in [0.25, 0.3) is 0 Å². The van der Waals surface area contributed by atoms with Crippen LogP contribution in [0.4, 0.5) is 0 Å². The number of carboxylic acids is 1. The summed E-state index contributed by atoms with van der Waals surface area (Å²) < 4.78 is 5.37. The molecule has 4 nitrogen and oxygen atoms in total. The van der Waals surface area contributed by atoms with Crippen molar-refractivity contribution in [1.29, 1.82) is 0 Å². The number of ether oxygens (including phenoxy) is 1. The summed E-state index contributed by atoms with van der Waals surface area (Å²) in [5.41, 5.74) is 0.146. The molecule has 0 bridgehead atoms. The second-order valence-corrected chi connectivity index (χ2v) is 6.24. The summed E-state index contributed by atoms with van der Waals surface area (Å²) in [4.78, 5) is 13.5. The van der Waals surface area contributed by atoms with Gasteiger partial charge in [-0.2, -0.15) is 0 Å². The van der Waals surface area contributed by atoms with Gasteiger partial charge >= 0.3 is 5.97 Å². The van der Waals surface area contributed by atoms with E-state index in [1.807, 2.05) is 0 Å². The third kappa shape index (κ3) is 2.80. The Hall–Kier alpha value is -0.610. The number of morpholine rings is 1. The van der Waals surface area contributed by atoms with E-state index in [1.165, 1.54) is 0 Å². The topological polar surface area (TPSA) is 49.8 Å². The summed E-state index contributed by atoms with van der Waals surface area (Å²) in [7, 11) is 0. The van der Waals surface area contributed by atoms with Crippen LogP contribution in [-0.2, 0) is 9.53 Å². The Bertz CT molecular complexity index is 297. The summed E-state index contributed by atoms with van der Waals surface area (Å²) in [5, 5.41) is 9.18. The SMILES string of the molecule is CC1(C)CCC(CC(=O)O)(N2CCOCC2)C1. The van der Waals surface area contributed by atoms with Crippen molar-refractivity contribution in [3.8, 4) is 0 Å². The molecule has 2 rings (SSSR count). The smallest absolute Gasteiger partial charge is 0.305 e. The summed E-state index contributed by atoms with van der Waals surface area (Å²) in [6.45, 7) is 7.73. The minimum atomic E-state index is -0.672. The number of carbonyl (C=O) groups is 1. The van der Waals surface area contributed by atoms with Gasteiger partial charge in [-0.25, -0.2) is 0 Å². The number of nitrogens with zero attached hydrogens (tertiary/aromatic N) is 1. The fraction of sp³-hybridized carbons (Fsp3) is 0.923. The van der Waals surface area contributed by atoms with Crippen LogP contribution in [-0.4, -0.2) is 47.8 Å². The van der Waals surface area contributed by atoms with E-state index in [1.54, 1.807) is 0 Å². The Labute approximate surface area is 103 Å². The molecule has 0 radical (unpaired) electrons. The first kappa shape index (κ1) is 12.8. The number of hydrogen-bond donors (Lipinski definition) is 1. The number of hydrogen-bond acceptors (Lipinski definition) is 3. The number of rotatable bonds is 3. The van der Waals surface area contributed by atoms with E-state index >= 15 is 0 Å². The van der Waals surface area contributed by atoms with Crippen molar-refractivity contribution in [2.75, 3.05) is 26.3 Å². The fourth-order valence-corrected chi connectivity index (χ4v) is 3.49. The zero-order valence-electron chi connectivity index (χ0n) is 10.9. The van der Waals surface area contributed by atoms with Crippen molar-refractivity contribution in [3.05, 3.63) is 0 Å². The van der Waals surface area contributed by atoms with Crippen molar-refractivity contribution in [2.24, 2.45) is 5.41 Å². The van der Waals surface area contributed by atoms with Crippen molar-refractivity contribution in [1.82, 2.24) is 4.90 Å². The van der Waals surface area contributed by atoms with E-state index in [0.717, 1.165) is 45.6 Å². The predicted octanol–water partition coefficient (Wildman–Crippen LogP) is 1.74. The molecule has 1 heterocycles. The normalized spacial score (nSPS) is 33.8. The molecule has 2 aliphatic rings. The maximum absolute atomic E-state index is 11.2. The predicted molar refractivity (Wildman–Crippen MR) is 65.0 cm³/mol. The van der Waals surface area contributed by atoms with Crippen LogP contribution >= 0.6 is 0 Å². The number of aliphatic carboxylic acids is 1. The van der Waals surface area contributed by atoms with E-state index in [-0.39, 0.29) is 17.4 Å². The van der Waals surface area contributed by atoms with E-state index < -0.39 is 5.97 Å². The van der Waals surface area contributed by atoms with Gasteiger partial charge in [0.05, 0.1) is 19.6 Å². The lowest BCUT2D eigenvalue weighted by molar-refractivity contribution is -0.141. The molecule has 4 heteroatoms. The highest BCUT2D eigenvalue weighted by Crippen LogP contribution is 2.48. The third-order valence-electron chi connectivity index (χ3n) is 4.24. The molecule has 0 spiro atoms. The minimum absolute atomic E-state index is 0.126.